The standard InChI is InChI=1S/C20H23N5O5S/c1-11-17-15(10-16(14-4-5-14)21-19(17)30-22-11)20(26)24-6-8-25(9-7-24)31(27,28)18-12(2)23-29-13(18)3/h10,14H,4-9H2,1-3H3. The zero-order valence-electron chi connectivity index (χ0n) is 17.6. The molecule has 1 aliphatic carbocycles. The van der Waals surface area contributed by atoms with E-state index in [0.29, 0.717) is 34.0 Å². The van der Waals surface area contributed by atoms with Crippen molar-refractivity contribution in [3.63, 3.8) is 0 Å². The van der Waals surface area contributed by atoms with Crippen LogP contribution in [0.3, 0.4) is 0 Å². The fourth-order valence-corrected chi connectivity index (χ4v) is 5.86. The Kier molecular flexibility index (Phi) is 4.63. The van der Waals surface area contributed by atoms with Crippen LogP contribution in [0, 0.1) is 20.8 Å². The van der Waals surface area contributed by atoms with Crippen LogP contribution in [0.15, 0.2) is 20.0 Å². The van der Waals surface area contributed by atoms with Crippen LogP contribution < -0.4 is 0 Å². The van der Waals surface area contributed by atoms with Gasteiger partial charge in [-0.2, -0.15) is 4.31 Å². The first kappa shape index (κ1) is 20.1. The third-order valence-electron chi connectivity index (χ3n) is 5.95. The molecule has 2 fully saturated rings. The number of piperazine rings is 1. The summed E-state index contributed by atoms with van der Waals surface area (Å²) in [6.45, 7) is 5.95. The lowest BCUT2D eigenvalue weighted by molar-refractivity contribution is 0.0699. The summed E-state index contributed by atoms with van der Waals surface area (Å²) in [4.78, 5) is 19.7. The zero-order chi connectivity index (χ0) is 21.9. The smallest absolute Gasteiger partial charge is 0.259 e. The number of nitrogens with zero attached hydrogens (tertiary/aromatic N) is 5. The van der Waals surface area contributed by atoms with Gasteiger partial charge in [-0.25, -0.2) is 13.4 Å². The molecule has 0 bridgehead atoms. The highest BCUT2D eigenvalue weighted by Gasteiger charge is 2.35. The van der Waals surface area contributed by atoms with E-state index in [1.165, 1.54) is 4.31 Å². The second-order valence-corrected chi connectivity index (χ2v) is 10.0. The van der Waals surface area contributed by atoms with E-state index in [0.717, 1.165) is 18.5 Å². The van der Waals surface area contributed by atoms with E-state index in [1.807, 2.05) is 6.07 Å². The van der Waals surface area contributed by atoms with E-state index in [9.17, 15) is 13.2 Å². The van der Waals surface area contributed by atoms with Crippen molar-refractivity contribution in [2.75, 3.05) is 26.2 Å². The highest BCUT2D eigenvalue weighted by molar-refractivity contribution is 7.89. The van der Waals surface area contributed by atoms with Gasteiger partial charge in [-0.15, -0.1) is 0 Å². The van der Waals surface area contributed by atoms with Gasteiger partial charge in [0.05, 0.1) is 16.6 Å². The number of amides is 1. The third kappa shape index (κ3) is 3.32. The predicted molar refractivity (Wildman–Crippen MR) is 109 cm³/mol. The van der Waals surface area contributed by atoms with Crippen LogP contribution >= 0.6 is 0 Å². The largest absolute Gasteiger partial charge is 0.360 e. The van der Waals surface area contributed by atoms with E-state index < -0.39 is 10.0 Å². The summed E-state index contributed by atoms with van der Waals surface area (Å²) in [5, 5.41) is 8.36. The summed E-state index contributed by atoms with van der Waals surface area (Å²) in [6.07, 6.45) is 2.11. The van der Waals surface area contributed by atoms with Crippen molar-refractivity contribution < 1.29 is 22.3 Å². The number of aromatic nitrogens is 3. The number of hydrogen-bond acceptors (Lipinski definition) is 8. The topological polar surface area (TPSA) is 123 Å². The summed E-state index contributed by atoms with van der Waals surface area (Å²) in [5.41, 5.74) is 2.71. The average molecular weight is 446 g/mol. The lowest BCUT2D eigenvalue weighted by Gasteiger charge is -2.34. The number of fused-ring (bicyclic) bond motifs is 1. The van der Waals surface area contributed by atoms with Gasteiger partial charge in [0, 0.05) is 37.8 Å². The Hall–Kier alpha value is -2.79. The van der Waals surface area contributed by atoms with Crippen molar-refractivity contribution in [3.8, 4) is 0 Å². The molecular formula is C20H23N5O5S. The van der Waals surface area contributed by atoms with E-state index in [1.54, 1.807) is 25.7 Å². The minimum Gasteiger partial charge on any atom is -0.360 e. The number of carbonyl (C=O) groups excluding carboxylic acids is 1. The Morgan fingerprint density at radius 2 is 1.71 bits per heavy atom. The molecule has 164 valence electrons. The summed E-state index contributed by atoms with van der Waals surface area (Å²) in [7, 11) is -3.73. The number of sulfonamides is 1. The molecule has 0 radical (unpaired) electrons. The van der Waals surface area contributed by atoms with Crippen LogP contribution in [0.4, 0.5) is 0 Å². The fraction of sp³-hybridized carbons (Fsp3) is 0.500. The number of hydrogen-bond donors (Lipinski definition) is 0. The van der Waals surface area contributed by atoms with E-state index >= 15 is 0 Å². The van der Waals surface area contributed by atoms with Crippen LogP contribution in [-0.2, 0) is 10.0 Å². The minimum atomic E-state index is -3.73. The van der Waals surface area contributed by atoms with Gasteiger partial charge in [-0.3, -0.25) is 4.79 Å². The molecule has 10 nitrogen and oxygen atoms in total. The van der Waals surface area contributed by atoms with Crippen LogP contribution in [0.5, 0.6) is 0 Å². The Bertz CT molecular complexity index is 1260. The van der Waals surface area contributed by atoms with Gasteiger partial charge in [0.15, 0.2) is 5.76 Å². The zero-order valence-corrected chi connectivity index (χ0v) is 18.4. The molecule has 1 amide bonds. The first-order chi connectivity index (χ1) is 14.8. The van der Waals surface area contributed by atoms with Crippen LogP contribution in [0.1, 0.15) is 52.0 Å². The van der Waals surface area contributed by atoms with Gasteiger partial charge in [-0.05, 0) is 39.7 Å². The predicted octanol–water partition coefficient (Wildman–Crippen LogP) is 2.16. The van der Waals surface area contributed by atoms with Crippen molar-refractivity contribution >= 4 is 27.0 Å². The first-order valence-electron chi connectivity index (χ1n) is 10.3. The molecule has 0 N–H and O–H groups in total. The molecule has 1 aliphatic heterocycles. The third-order valence-corrected chi connectivity index (χ3v) is 8.10. The fourth-order valence-electron chi connectivity index (χ4n) is 4.14. The van der Waals surface area contributed by atoms with Crippen LogP contribution in [-0.4, -0.2) is 65.0 Å². The van der Waals surface area contributed by atoms with Crippen molar-refractivity contribution in [2.45, 2.75) is 44.4 Å². The average Bonchev–Trinajstić information content (AvgIpc) is 3.46. The number of carbonyl (C=O) groups is 1. The number of rotatable bonds is 4. The Balaban J connectivity index is 1.39. The molecule has 0 aromatic carbocycles. The molecule has 11 heteroatoms. The molecule has 3 aromatic rings. The van der Waals surface area contributed by atoms with Crippen molar-refractivity contribution in [2.24, 2.45) is 0 Å². The molecule has 3 aromatic heterocycles. The summed E-state index contributed by atoms with van der Waals surface area (Å²) >= 11 is 0. The molecule has 31 heavy (non-hydrogen) atoms. The Morgan fingerprint density at radius 1 is 1.03 bits per heavy atom. The van der Waals surface area contributed by atoms with Crippen molar-refractivity contribution in [3.05, 3.63) is 34.5 Å². The number of pyridine rings is 1. The molecule has 1 saturated carbocycles. The van der Waals surface area contributed by atoms with Gasteiger partial charge < -0.3 is 13.9 Å². The molecule has 5 rings (SSSR count). The lowest BCUT2D eigenvalue weighted by atomic mass is 10.1. The normalized spacial score (nSPS) is 18.1. The highest BCUT2D eigenvalue weighted by Crippen LogP contribution is 2.40. The molecule has 1 saturated heterocycles. The molecule has 4 heterocycles. The van der Waals surface area contributed by atoms with Gasteiger partial charge in [-0.1, -0.05) is 10.3 Å². The van der Waals surface area contributed by atoms with E-state index in [4.69, 9.17) is 9.05 Å². The molecular weight excluding hydrogens is 422 g/mol. The SMILES string of the molecule is Cc1noc(C)c1S(=O)(=O)N1CCN(C(=O)c2cc(C3CC3)nc3onc(C)c23)CC1. The highest BCUT2D eigenvalue weighted by atomic mass is 32.2. The summed E-state index contributed by atoms with van der Waals surface area (Å²) in [5.74, 6) is 0.471. The lowest BCUT2D eigenvalue weighted by Crippen LogP contribution is -2.50. The maximum atomic E-state index is 13.4. The minimum absolute atomic E-state index is 0.109. The van der Waals surface area contributed by atoms with Crippen molar-refractivity contribution in [1.82, 2.24) is 24.5 Å². The van der Waals surface area contributed by atoms with Gasteiger partial charge in [0.1, 0.15) is 10.6 Å². The first-order valence-corrected chi connectivity index (χ1v) is 11.7. The second kappa shape index (κ2) is 7.13. The maximum Gasteiger partial charge on any atom is 0.259 e. The van der Waals surface area contributed by atoms with Gasteiger partial charge in [0.2, 0.25) is 10.0 Å². The van der Waals surface area contributed by atoms with E-state index in [2.05, 4.69) is 15.3 Å². The van der Waals surface area contributed by atoms with Gasteiger partial charge in [0.25, 0.3) is 11.6 Å². The van der Waals surface area contributed by atoms with Gasteiger partial charge >= 0.3 is 0 Å². The molecule has 2 aliphatic rings. The Labute approximate surface area is 179 Å². The van der Waals surface area contributed by atoms with Crippen LogP contribution in [0.25, 0.3) is 11.1 Å². The second-order valence-electron chi connectivity index (χ2n) is 8.17. The van der Waals surface area contributed by atoms with Crippen molar-refractivity contribution in [1.29, 1.82) is 0 Å². The molecule has 0 atom stereocenters. The molecule has 0 unspecified atom stereocenters. The monoisotopic (exact) mass is 445 g/mol. The quantitative estimate of drug-likeness (QED) is 0.599. The number of aryl methyl sites for hydroxylation is 3. The Morgan fingerprint density at radius 3 is 2.32 bits per heavy atom. The van der Waals surface area contributed by atoms with E-state index in [-0.39, 0.29) is 42.7 Å². The molecule has 0 spiro atoms. The summed E-state index contributed by atoms with van der Waals surface area (Å²) < 4.78 is 37.8. The van der Waals surface area contributed by atoms with Crippen LogP contribution in [0.2, 0.25) is 0 Å². The summed E-state index contributed by atoms with van der Waals surface area (Å²) in [6, 6.07) is 1.85. The maximum absolute atomic E-state index is 13.4.